The summed E-state index contributed by atoms with van der Waals surface area (Å²) >= 11 is 0. The third-order valence-electron chi connectivity index (χ3n) is 14.3. The number of hydrogen-bond donors (Lipinski definition) is 0. The van der Waals surface area contributed by atoms with E-state index in [1.54, 1.807) is 0 Å². The molecule has 0 fully saturated rings. The predicted octanol–water partition coefficient (Wildman–Crippen LogP) is 16.7. The first-order valence-electron chi connectivity index (χ1n) is 23.3. The van der Waals surface area contributed by atoms with E-state index in [2.05, 4.69) is 212 Å². The van der Waals surface area contributed by atoms with E-state index in [4.69, 9.17) is 14.4 Å². The van der Waals surface area contributed by atoms with Crippen LogP contribution in [0, 0.1) is 0 Å². The highest BCUT2D eigenvalue weighted by Crippen LogP contribution is 2.63. The van der Waals surface area contributed by atoms with Crippen LogP contribution >= 0.6 is 0 Å². The number of nitrogens with zero attached hydrogens (tertiary/aromatic N) is 2. The number of benzene rings is 10. The molecule has 0 aliphatic heterocycles. The van der Waals surface area contributed by atoms with E-state index >= 15 is 0 Å². The molecular weight excluding hydrogens is 825 g/mol. The zero-order valence-corrected chi connectivity index (χ0v) is 36.9. The van der Waals surface area contributed by atoms with Gasteiger partial charge in [0.05, 0.1) is 16.8 Å². The Morgan fingerprint density at radius 3 is 1.46 bits per heavy atom. The molecule has 0 N–H and O–H groups in total. The average molecular weight is 865 g/mol. The molecule has 2 aromatic heterocycles. The molecule has 0 amide bonds. The summed E-state index contributed by atoms with van der Waals surface area (Å²) in [7, 11) is 0. The largest absolute Gasteiger partial charge is 0.455 e. The summed E-state index contributed by atoms with van der Waals surface area (Å²) in [4.78, 5) is 10.4. The Labute approximate surface area is 394 Å². The van der Waals surface area contributed by atoms with Crippen molar-refractivity contribution >= 4 is 21.9 Å². The minimum atomic E-state index is -0.562. The lowest BCUT2D eigenvalue weighted by Crippen LogP contribution is -2.26. The van der Waals surface area contributed by atoms with Crippen LogP contribution in [0.2, 0.25) is 0 Å². The SMILES string of the molecule is c1ccc(-c2cc(-c3ccc4c(c3)C3(c5ccccc5-4)c4ccccc4-c4ccc(-c5cccc6c5oc5ccccc56)cc43)cc(-c3cc(-c4ccccc4)nc(-c4ccccc4)n3)c2)cc1. The first-order valence-corrected chi connectivity index (χ1v) is 23.3. The van der Waals surface area contributed by atoms with Crippen molar-refractivity contribution in [3.8, 4) is 89.5 Å². The summed E-state index contributed by atoms with van der Waals surface area (Å²) in [5.74, 6) is 0.695. The van der Waals surface area contributed by atoms with Crippen LogP contribution < -0.4 is 0 Å². The van der Waals surface area contributed by atoms with Crippen molar-refractivity contribution in [1.82, 2.24) is 9.97 Å². The van der Waals surface area contributed by atoms with E-state index in [1.807, 2.05) is 30.3 Å². The average Bonchev–Trinajstić information content (AvgIpc) is 4.05. The molecule has 0 radical (unpaired) electrons. The maximum absolute atomic E-state index is 6.65. The van der Waals surface area contributed by atoms with Gasteiger partial charge in [-0.1, -0.05) is 200 Å². The molecule has 316 valence electrons. The number of furan rings is 1. The standard InChI is InChI=1S/C65H40N2O/c1-4-17-41(18-5-1)46-35-47(37-48(36-46)61-40-60(42-19-6-2-7-20-42)66-64(67-61)43-21-8-3-9-22-43)44-31-33-52-50-23-10-13-28-56(50)65(58(52)38-44)57-29-14-11-24-51(57)53-34-32-45(39-59(53)65)49-26-16-27-55-54-25-12-15-30-62(54)68-63(49)55/h1-40H. The van der Waals surface area contributed by atoms with Crippen LogP contribution in [0.1, 0.15) is 22.3 Å². The normalized spacial score (nSPS) is 14.2. The lowest BCUT2D eigenvalue weighted by Gasteiger charge is -2.31. The number of hydrogen-bond acceptors (Lipinski definition) is 3. The molecule has 0 saturated carbocycles. The van der Waals surface area contributed by atoms with E-state index in [9.17, 15) is 0 Å². The Bertz CT molecular complexity index is 3890. The zero-order valence-electron chi connectivity index (χ0n) is 36.9. The van der Waals surface area contributed by atoms with Crippen molar-refractivity contribution in [3.05, 3.63) is 265 Å². The highest BCUT2D eigenvalue weighted by atomic mass is 16.3. The minimum Gasteiger partial charge on any atom is -0.455 e. The molecule has 2 aliphatic rings. The molecule has 3 heteroatoms. The maximum atomic E-state index is 6.65. The van der Waals surface area contributed by atoms with Crippen LogP contribution in [0.15, 0.2) is 247 Å². The summed E-state index contributed by atoms with van der Waals surface area (Å²) in [6.07, 6.45) is 0. The third kappa shape index (κ3) is 5.79. The number of para-hydroxylation sites is 2. The van der Waals surface area contributed by atoms with E-state index < -0.39 is 5.41 Å². The van der Waals surface area contributed by atoms with Gasteiger partial charge < -0.3 is 4.42 Å². The number of fused-ring (bicyclic) bond motifs is 13. The second-order valence-electron chi connectivity index (χ2n) is 18.0. The summed E-state index contributed by atoms with van der Waals surface area (Å²) in [5, 5.41) is 2.26. The third-order valence-corrected chi connectivity index (χ3v) is 14.3. The lowest BCUT2D eigenvalue weighted by molar-refractivity contribution is 0.670. The Morgan fingerprint density at radius 1 is 0.279 bits per heavy atom. The van der Waals surface area contributed by atoms with Crippen LogP contribution in [-0.2, 0) is 5.41 Å². The van der Waals surface area contributed by atoms with E-state index in [0.717, 1.165) is 83.4 Å². The van der Waals surface area contributed by atoms with Gasteiger partial charge in [-0.15, -0.1) is 0 Å². The summed E-state index contributed by atoms with van der Waals surface area (Å²) in [5.41, 5.74) is 23.0. The fraction of sp³-hybridized carbons (Fsp3) is 0.0154. The van der Waals surface area contributed by atoms with Gasteiger partial charge in [0.1, 0.15) is 11.2 Å². The fourth-order valence-corrected chi connectivity index (χ4v) is 11.3. The van der Waals surface area contributed by atoms with Gasteiger partial charge in [-0.05, 0) is 115 Å². The highest BCUT2D eigenvalue weighted by Gasteiger charge is 2.51. The van der Waals surface area contributed by atoms with Gasteiger partial charge in [-0.2, -0.15) is 0 Å². The molecule has 68 heavy (non-hydrogen) atoms. The summed E-state index contributed by atoms with van der Waals surface area (Å²) in [6, 6.07) is 87.7. The van der Waals surface area contributed by atoms with E-state index in [0.29, 0.717) is 5.82 Å². The van der Waals surface area contributed by atoms with Gasteiger partial charge in [0.2, 0.25) is 0 Å². The molecule has 0 saturated heterocycles. The van der Waals surface area contributed by atoms with Gasteiger partial charge in [0, 0.05) is 33.0 Å². The lowest BCUT2D eigenvalue weighted by atomic mass is 9.70. The van der Waals surface area contributed by atoms with Gasteiger partial charge in [0.25, 0.3) is 0 Å². The predicted molar refractivity (Wildman–Crippen MR) is 278 cm³/mol. The van der Waals surface area contributed by atoms with Crippen LogP contribution in [0.5, 0.6) is 0 Å². The van der Waals surface area contributed by atoms with Crippen LogP contribution in [0.4, 0.5) is 0 Å². The van der Waals surface area contributed by atoms with Crippen molar-refractivity contribution in [2.24, 2.45) is 0 Å². The van der Waals surface area contributed by atoms with Gasteiger partial charge in [-0.3, -0.25) is 0 Å². The van der Waals surface area contributed by atoms with Crippen LogP contribution in [0.25, 0.3) is 111 Å². The second kappa shape index (κ2) is 15.1. The highest BCUT2D eigenvalue weighted by molar-refractivity contribution is 6.10. The zero-order chi connectivity index (χ0) is 44.8. The summed E-state index contributed by atoms with van der Waals surface area (Å²) in [6.45, 7) is 0. The molecule has 1 atom stereocenters. The van der Waals surface area contributed by atoms with Crippen molar-refractivity contribution in [1.29, 1.82) is 0 Å². The topological polar surface area (TPSA) is 38.9 Å². The number of aromatic nitrogens is 2. The second-order valence-corrected chi connectivity index (χ2v) is 18.0. The Kier molecular flexibility index (Phi) is 8.50. The van der Waals surface area contributed by atoms with Crippen LogP contribution in [-0.4, -0.2) is 9.97 Å². The van der Waals surface area contributed by atoms with Crippen molar-refractivity contribution in [2.75, 3.05) is 0 Å². The summed E-state index contributed by atoms with van der Waals surface area (Å²) < 4.78 is 6.65. The van der Waals surface area contributed by atoms with Crippen molar-refractivity contribution < 1.29 is 4.42 Å². The monoisotopic (exact) mass is 864 g/mol. The molecule has 3 nitrogen and oxygen atoms in total. The molecule has 0 bridgehead atoms. The molecule has 14 rings (SSSR count). The Hall–Kier alpha value is -8.92. The first kappa shape index (κ1) is 38.4. The molecule has 1 spiro atoms. The van der Waals surface area contributed by atoms with E-state index in [-0.39, 0.29) is 0 Å². The van der Waals surface area contributed by atoms with Gasteiger partial charge >= 0.3 is 0 Å². The van der Waals surface area contributed by atoms with Crippen LogP contribution in [0.3, 0.4) is 0 Å². The maximum Gasteiger partial charge on any atom is 0.160 e. The van der Waals surface area contributed by atoms with Crippen molar-refractivity contribution in [3.63, 3.8) is 0 Å². The van der Waals surface area contributed by atoms with E-state index in [1.165, 1.54) is 44.5 Å². The Balaban J connectivity index is 0.996. The molecule has 1 unspecified atom stereocenters. The first-order chi connectivity index (χ1) is 33.7. The fourth-order valence-electron chi connectivity index (χ4n) is 11.3. The van der Waals surface area contributed by atoms with Crippen molar-refractivity contribution in [2.45, 2.75) is 5.41 Å². The Morgan fingerprint density at radius 2 is 0.765 bits per heavy atom. The quantitative estimate of drug-likeness (QED) is 0.167. The number of rotatable bonds is 6. The molecule has 12 aromatic rings. The smallest absolute Gasteiger partial charge is 0.160 e. The van der Waals surface area contributed by atoms with Gasteiger partial charge in [-0.25, -0.2) is 9.97 Å². The molecule has 10 aromatic carbocycles. The molecule has 2 heterocycles. The van der Waals surface area contributed by atoms with Gasteiger partial charge in [0.15, 0.2) is 5.82 Å². The minimum absolute atomic E-state index is 0.562. The molecule has 2 aliphatic carbocycles. The molecular formula is C65H40N2O.